The fourth-order valence-corrected chi connectivity index (χ4v) is 5.15. The minimum Gasteiger partial charge on any atom is -0.495 e. The largest absolute Gasteiger partial charge is 0.495 e. The Hall–Kier alpha value is -2.29. The average Bonchev–Trinajstić information content (AvgIpc) is 2.79. The predicted molar refractivity (Wildman–Crippen MR) is 120 cm³/mol. The molecule has 1 aliphatic rings. The lowest BCUT2D eigenvalue weighted by Crippen LogP contribution is -2.35. The third kappa shape index (κ3) is 5.50. The van der Waals surface area contributed by atoms with Crippen LogP contribution in [-0.4, -0.2) is 44.9 Å². The summed E-state index contributed by atoms with van der Waals surface area (Å²) in [5.41, 5.74) is 0.270. The van der Waals surface area contributed by atoms with Crippen molar-refractivity contribution in [3.05, 3.63) is 47.5 Å². The van der Waals surface area contributed by atoms with Gasteiger partial charge in [0.1, 0.15) is 11.5 Å². The molecule has 1 amide bonds. The Labute approximate surface area is 188 Å². The van der Waals surface area contributed by atoms with Gasteiger partial charge < -0.3 is 14.8 Å². The van der Waals surface area contributed by atoms with Gasteiger partial charge in [0.2, 0.25) is 10.0 Å². The molecule has 3 rings (SSSR count). The van der Waals surface area contributed by atoms with Crippen LogP contribution in [0.2, 0.25) is 5.02 Å². The van der Waals surface area contributed by atoms with E-state index in [2.05, 4.69) is 5.32 Å². The van der Waals surface area contributed by atoms with E-state index in [1.165, 1.54) is 23.5 Å². The summed E-state index contributed by atoms with van der Waals surface area (Å²) in [6.45, 7) is 2.81. The highest BCUT2D eigenvalue weighted by atomic mass is 35.5. The molecule has 31 heavy (non-hydrogen) atoms. The molecular weight excluding hydrogens is 440 g/mol. The number of rotatable bonds is 8. The summed E-state index contributed by atoms with van der Waals surface area (Å²) >= 11 is 6.13. The summed E-state index contributed by atoms with van der Waals surface area (Å²) in [4.78, 5) is 13.0. The molecule has 1 heterocycles. The molecule has 7 nitrogen and oxygen atoms in total. The number of amides is 1. The van der Waals surface area contributed by atoms with Crippen molar-refractivity contribution in [3.8, 4) is 11.5 Å². The number of anilines is 1. The van der Waals surface area contributed by atoms with Crippen molar-refractivity contribution < 1.29 is 22.7 Å². The van der Waals surface area contributed by atoms with E-state index < -0.39 is 22.0 Å². The monoisotopic (exact) mass is 466 g/mol. The molecule has 1 fully saturated rings. The number of piperidine rings is 1. The third-order valence-electron chi connectivity index (χ3n) is 5.15. The molecule has 0 bridgehead atoms. The summed E-state index contributed by atoms with van der Waals surface area (Å²) in [5.74, 6) is 0.339. The van der Waals surface area contributed by atoms with Gasteiger partial charge in [0.05, 0.1) is 22.7 Å². The summed E-state index contributed by atoms with van der Waals surface area (Å²) in [6.07, 6.45) is 2.30. The number of halogens is 1. The van der Waals surface area contributed by atoms with E-state index in [0.29, 0.717) is 36.0 Å². The lowest BCUT2D eigenvalue weighted by molar-refractivity contribution is -0.122. The fourth-order valence-electron chi connectivity index (χ4n) is 3.43. The molecule has 9 heteroatoms. The van der Waals surface area contributed by atoms with Crippen molar-refractivity contribution in [3.63, 3.8) is 0 Å². The molecule has 0 spiro atoms. The predicted octanol–water partition coefficient (Wildman–Crippen LogP) is 4.32. The molecule has 1 N–H and O–H groups in total. The van der Waals surface area contributed by atoms with Gasteiger partial charge in [-0.25, -0.2) is 8.42 Å². The Morgan fingerprint density at radius 1 is 1.13 bits per heavy atom. The Kier molecular flexibility index (Phi) is 7.80. The standard InChI is InChI=1S/C22H27ClN2O5S/c1-3-19(30-20-10-6-5-9-17(20)23)22(26)24-18-15-16(11-12-21(18)29-2)31(27,28)25-13-7-4-8-14-25/h5-6,9-12,15,19H,3-4,7-8,13-14H2,1-2H3,(H,24,26)/t19-/m1/s1. The molecule has 1 aliphatic heterocycles. The van der Waals surface area contributed by atoms with Crippen LogP contribution in [0.1, 0.15) is 32.6 Å². The first-order valence-corrected chi connectivity index (χ1v) is 12.1. The number of sulfonamides is 1. The van der Waals surface area contributed by atoms with E-state index in [9.17, 15) is 13.2 Å². The minimum atomic E-state index is -3.65. The molecule has 0 radical (unpaired) electrons. The highest BCUT2D eigenvalue weighted by Crippen LogP contribution is 2.31. The molecule has 0 unspecified atom stereocenters. The number of carbonyl (C=O) groups is 1. The highest BCUT2D eigenvalue weighted by Gasteiger charge is 2.28. The molecule has 0 aliphatic carbocycles. The van der Waals surface area contributed by atoms with Crippen LogP contribution in [-0.2, 0) is 14.8 Å². The van der Waals surface area contributed by atoms with Gasteiger partial charge in [-0.3, -0.25) is 4.79 Å². The van der Waals surface area contributed by atoms with E-state index in [0.717, 1.165) is 19.3 Å². The topological polar surface area (TPSA) is 84.9 Å². The van der Waals surface area contributed by atoms with Crippen LogP contribution in [0.5, 0.6) is 11.5 Å². The Bertz CT molecular complexity index is 1020. The van der Waals surface area contributed by atoms with Gasteiger partial charge in [-0.05, 0) is 49.6 Å². The van der Waals surface area contributed by atoms with Gasteiger partial charge in [0.25, 0.3) is 5.91 Å². The molecule has 1 atom stereocenters. The van der Waals surface area contributed by atoms with Crippen LogP contribution in [0.15, 0.2) is 47.4 Å². The quantitative estimate of drug-likeness (QED) is 0.626. The molecular formula is C22H27ClN2O5S. The number of ether oxygens (including phenoxy) is 2. The maximum absolute atomic E-state index is 13.0. The van der Waals surface area contributed by atoms with E-state index >= 15 is 0 Å². The number of benzene rings is 2. The summed E-state index contributed by atoms with van der Waals surface area (Å²) < 4.78 is 38.6. The summed E-state index contributed by atoms with van der Waals surface area (Å²) in [5, 5.41) is 3.16. The number of methoxy groups -OCH3 is 1. The van der Waals surface area contributed by atoms with E-state index in [1.54, 1.807) is 30.3 Å². The van der Waals surface area contributed by atoms with Crippen molar-refractivity contribution >= 4 is 33.2 Å². The van der Waals surface area contributed by atoms with Gasteiger partial charge in [-0.1, -0.05) is 37.1 Å². The fraction of sp³-hybridized carbons (Fsp3) is 0.409. The zero-order valence-corrected chi connectivity index (χ0v) is 19.2. The second kappa shape index (κ2) is 10.3. The number of nitrogens with one attached hydrogen (secondary N) is 1. The highest BCUT2D eigenvalue weighted by molar-refractivity contribution is 7.89. The van der Waals surface area contributed by atoms with Crippen LogP contribution >= 0.6 is 11.6 Å². The number of hydrogen-bond acceptors (Lipinski definition) is 5. The lowest BCUT2D eigenvalue weighted by Gasteiger charge is -2.26. The number of nitrogens with zero attached hydrogens (tertiary/aromatic N) is 1. The normalized spacial score (nSPS) is 15.8. The van der Waals surface area contributed by atoms with Gasteiger partial charge in [0.15, 0.2) is 6.10 Å². The number of hydrogen-bond donors (Lipinski definition) is 1. The molecule has 2 aromatic carbocycles. The number of para-hydroxylation sites is 1. The lowest BCUT2D eigenvalue weighted by atomic mass is 10.2. The number of carbonyl (C=O) groups excluding carboxylic acids is 1. The van der Waals surface area contributed by atoms with Crippen LogP contribution in [0.3, 0.4) is 0 Å². The van der Waals surface area contributed by atoms with Crippen molar-refractivity contribution in [1.82, 2.24) is 4.31 Å². The maximum Gasteiger partial charge on any atom is 0.265 e. The van der Waals surface area contributed by atoms with Crippen molar-refractivity contribution in [2.45, 2.75) is 43.6 Å². The van der Waals surface area contributed by atoms with Gasteiger partial charge in [-0.15, -0.1) is 0 Å². The molecule has 168 valence electrons. The summed E-state index contributed by atoms with van der Waals surface area (Å²) in [6, 6.07) is 11.4. The van der Waals surface area contributed by atoms with Crippen LogP contribution in [0.4, 0.5) is 5.69 Å². The first kappa shape index (κ1) is 23.4. The van der Waals surface area contributed by atoms with E-state index in [-0.39, 0.29) is 10.6 Å². The van der Waals surface area contributed by atoms with E-state index in [4.69, 9.17) is 21.1 Å². The second-order valence-electron chi connectivity index (χ2n) is 7.26. The van der Waals surface area contributed by atoms with Gasteiger partial charge in [-0.2, -0.15) is 4.31 Å². The summed E-state index contributed by atoms with van der Waals surface area (Å²) in [7, 11) is -2.19. The Morgan fingerprint density at radius 2 is 1.84 bits per heavy atom. The van der Waals surface area contributed by atoms with Gasteiger partial charge >= 0.3 is 0 Å². The second-order valence-corrected chi connectivity index (χ2v) is 9.61. The maximum atomic E-state index is 13.0. The first-order valence-electron chi connectivity index (χ1n) is 10.3. The SMILES string of the molecule is CC[C@@H](Oc1ccccc1Cl)C(=O)Nc1cc(S(=O)(=O)N2CCCCC2)ccc1OC. The molecule has 0 aromatic heterocycles. The van der Waals surface area contributed by atoms with Crippen LogP contribution in [0, 0.1) is 0 Å². The Morgan fingerprint density at radius 3 is 2.48 bits per heavy atom. The molecule has 0 saturated carbocycles. The Balaban J connectivity index is 1.83. The van der Waals surface area contributed by atoms with E-state index in [1.807, 2.05) is 6.92 Å². The average molecular weight is 467 g/mol. The van der Waals surface area contributed by atoms with Gasteiger partial charge in [0, 0.05) is 13.1 Å². The minimum absolute atomic E-state index is 0.116. The zero-order chi connectivity index (χ0) is 22.4. The van der Waals surface area contributed by atoms with Crippen LogP contribution < -0.4 is 14.8 Å². The van der Waals surface area contributed by atoms with Crippen molar-refractivity contribution in [1.29, 1.82) is 0 Å². The first-order chi connectivity index (χ1) is 14.9. The molecule has 1 saturated heterocycles. The van der Waals surface area contributed by atoms with Crippen LogP contribution in [0.25, 0.3) is 0 Å². The van der Waals surface area contributed by atoms with Crippen molar-refractivity contribution in [2.24, 2.45) is 0 Å². The smallest absolute Gasteiger partial charge is 0.265 e. The molecule has 2 aromatic rings. The zero-order valence-electron chi connectivity index (χ0n) is 17.6. The third-order valence-corrected chi connectivity index (χ3v) is 7.36. The van der Waals surface area contributed by atoms with Crippen molar-refractivity contribution in [2.75, 3.05) is 25.5 Å².